The van der Waals surface area contributed by atoms with Crippen molar-refractivity contribution in [3.8, 4) is 0 Å². The second kappa shape index (κ2) is 9.88. The van der Waals surface area contributed by atoms with E-state index < -0.39 is 12.0 Å². The first kappa shape index (κ1) is 21.3. The number of ether oxygens (including phenoxy) is 1. The SMILES string of the molecule is C[C@@H](C(=O)OC(c1ccccc1)c1ccccc1)c1cccc(C(=O)c2ccccc2)c1. The predicted octanol–water partition coefficient (Wildman–Crippen LogP) is 6.35. The van der Waals surface area contributed by atoms with Crippen LogP contribution >= 0.6 is 0 Å². The zero-order valence-corrected chi connectivity index (χ0v) is 17.8. The average Bonchev–Trinajstić information content (AvgIpc) is 2.88. The second-order valence-electron chi connectivity index (χ2n) is 7.68. The number of carbonyl (C=O) groups excluding carboxylic acids is 2. The highest BCUT2D eigenvalue weighted by Gasteiger charge is 2.24. The van der Waals surface area contributed by atoms with Crippen LogP contribution in [0.5, 0.6) is 0 Å². The van der Waals surface area contributed by atoms with E-state index in [2.05, 4.69) is 0 Å². The van der Waals surface area contributed by atoms with Gasteiger partial charge in [0.25, 0.3) is 0 Å². The van der Waals surface area contributed by atoms with Gasteiger partial charge in [-0.15, -0.1) is 0 Å². The molecule has 0 N–H and O–H groups in total. The van der Waals surface area contributed by atoms with Crippen LogP contribution in [0.15, 0.2) is 115 Å². The molecule has 0 aliphatic heterocycles. The minimum Gasteiger partial charge on any atom is -0.452 e. The molecule has 0 aliphatic carbocycles. The summed E-state index contributed by atoms with van der Waals surface area (Å²) in [6, 6.07) is 35.8. The molecule has 0 heterocycles. The fraction of sp³-hybridized carbons (Fsp3) is 0.103. The predicted molar refractivity (Wildman–Crippen MR) is 126 cm³/mol. The second-order valence-corrected chi connectivity index (χ2v) is 7.68. The zero-order chi connectivity index (χ0) is 22.3. The summed E-state index contributed by atoms with van der Waals surface area (Å²) in [5.41, 5.74) is 3.74. The Morgan fingerprint density at radius 2 is 1.06 bits per heavy atom. The third-order valence-electron chi connectivity index (χ3n) is 5.48. The molecule has 3 heteroatoms. The molecule has 0 bridgehead atoms. The number of hydrogen-bond acceptors (Lipinski definition) is 3. The highest BCUT2D eigenvalue weighted by molar-refractivity contribution is 6.09. The molecule has 0 aromatic heterocycles. The first-order chi connectivity index (χ1) is 15.6. The van der Waals surface area contributed by atoms with E-state index in [1.54, 1.807) is 30.3 Å². The molecule has 158 valence electrons. The summed E-state index contributed by atoms with van der Waals surface area (Å²) >= 11 is 0. The Labute approximate surface area is 188 Å². The molecular formula is C29H24O3. The van der Waals surface area contributed by atoms with Crippen molar-refractivity contribution in [2.24, 2.45) is 0 Å². The van der Waals surface area contributed by atoms with Crippen molar-refractivity contribution in [3.63, 3.8) is 0 Å². The number of rotatable bonds is 7. The molecule has 0 unspecified atom stereocenters. The van der Waals surface area contributed by atoms with Crippen molar-refractivity contribution in [3.05, 3.63) is 143 Å². The lowest BCUT2D eigenvalue weighted by Gasteiger charge is -2.21. The van der Waals surface area contributed by atoms with E-state index in [4.69, 9.17) is 4.74 Å². The van der Waals surface area contributed by atoms with E-state index in [-0.39, 0.29) is 11.8 Å². The van der Waals surface area contributed by atoms with Crippen LogP contribution in [-0.2, 0) is 9.53 Å². The van der Waals surface area contributed by atoms with E-state index in [0.29, 0.717) is 11.1 Å². The van der Waals surface area contributed by atoms with Gasteiger partial charge in [0.05, 0.1) is 5.92 Å². The normalized spacial score (nSPS) is 11.7. The minimum atomic E-state index is -0.520. The van der Waals surface area contributed by atoms with Crippen molar-refractivity contribution in [2.45, 2.75) is 18.9 Å². The summed E-state index contributed by atoms with van der Waals surface area (Å²) in [5.74, 6) is -0.931. The van der Waals surface area contributed by atoms with Gasteiger partial charge in [-0.1, -0.05) is 109 Å². The summed E-state index contributed by atoms with van der Waals surface area (Å²) < 4.78 is 6.00. The minimum absolute atomic E-state index is 0.0699. The highest BCUT2D eigenvalue weighted by atomic mass is 16.5. The van der Waals surface area contributed by atoms with Crippen LogP contribution in [0.2, 0.25) is 0 Å². The summed E-state index contributed by atoms with van der Waals surface area (Å²) in [6.07, 6.45) is -0.499. The number of ketones is 1. The number of benzene rings is 4. The maximum Gasteiger partial charge on any atom is 0.314 e. The van der Waals surface area contributed by atoms with Gasteiger partial charge < -0.3 is 4.74 Å². The Balaban J connectivity index is 1.57. The molecule has 4 aromatic rings. The third-order valence-corrected chi connectivity index (χ3v) is 5.48. The molecule has 3 nitrogen and oxygen atoms in total. The Bertz CT molecular complexity index is 1150. The molecule has 0 radical (unpaired) electrons. The van der Waals surface area contributed by atoms with Gasteiger partial charge in [0.2, 0.25) is 0 Å². The third kappa shape index (κ3) is 4.84. The van der Waals surface area contributed by atoms with Crippen molar-refractivity contribution in [2.75, 3.05) is 0 Å². The van der Waals surface area contributed by atoms with E-state index in [9.17, 15) is 9.59 Å². The van der Waals surface area contributed by atoms with Gasteiger partial charge in [-0.2, -0.15) is 0 Å². The van der Waals surface area contributed by atoms with Crippen LogP contribution in [-0.4, -0.2) is 11.8 Å². The number of hydrogen-bond donors (Lipinski definition) is 0. The topological polar surface area (TPSA) is 43.4 Å². The molecule has 1 atom stereocenters. The first-order valence-electron chi connectivity index (χ1n) is 10.6. The van der Waals surface area contributed by atoms with Gasteiger partial charge in [-0.25, -0.2) is 0 Å². The lowest BCUT2D eigenvalue weighted by atomic mass is 9.95. The molecule has 0 saturated carbocycles. The molecule has 0 aliphatic rings. The van der Waals surface area contributed by atoms with Gasteiger partial charge in [0.15, 0.2) is 11.9 Å². The maximum atomic E-state index is 13.1. The average molecular weight is 421 g/mol. The van der Waals surface area contributed by atoms with Gasteiger partial charge in [-0.05, 0) is 29.7 Å². The van der Waals surface area contributed by atoms with Crippen molar-refractivity contribution >= 4 is 11.8 Å². The summed E-state index contributed by atoms with van der Waals surface area (Å²) in [4.78, 5) is 26.0. The van der Waals surface area contributed by atoms with Gasteiger partial charge in [0.1, 0.15) is 0 Å². The Kier molecular flexibility index (Phi) is 6.57. The van der Waals surface area contributed by atoms with Gasteiger partial charge in [-0.3, -0.25) is 9.59 Å². The summed E-state index contributed by atoms with van der Waals surface area (Å²) in [6.45, 7) is 1.81. The van der Waals surface area contributed by atoms with Crippen molar-refractivity contribution < 1.29 is 14.3 Å². The van der Waals surface area contributed by atoms with Gasteiger partial charge >= 0.3 is 5.97 Å². The van der Waals surface area contributed by atoms with Crippen LogP contribution < -0.4 is 0 Å². The smallest absolute Gasteiger partial charge is 0.314 e. The van der Waals surface area contributed by atoms with Crippen LogP contribution in [0.4, 0.5) is 0 Å². The van der Waals surface area contributed by atoms with Crippen molar-refractivity contribution in [1.29, 1.82) is 0 Å². The first-order valence-corrected chi connectivity index (χ1v) is 10.6. The van der Waals surface area contributed by atoms with E-state index in [1.807, 2.05) is 91.9 Å². The molecule has 0 fully saturated rings. The lowest BCUT2D eigenvalue weighted by molar-refractivity contribution is -0.149. The standard InChI is InChI=1S/C29H24O3/c1-21(25-18-11-19-26(20-25)27(30)22-12-5-2-6-13-22)29(31)32-28(23-14-7-3-8-15-23)24-16-9-4-10-17-24/h2-21,28H,1H3/t21-/m1/s1. The molecule has 4 aromatic carbocycles. The zero-order valence-electron chi connectivity index (χ0n) is 17.8. The number of esters is 1. The molecule has 0 amide bonds. The summed E-state index contributed by atoms with van der Waals surface area (Å²) in [5, 5.41) is 0. The largest absolute Gasteiger partial charge is 0.452 e. The Morgan fingerprint density at radius 3 is 1.62 bits per heavy atom. The Hall–Kier alpha value is -3.98. The maximum absolute atomic E-state index is 13.1. The van der Waals surface area contributed by atoms with Crippen LogP contribution in [0.3, 0.4) is 0 Å². The van der Waals surface area contributed by atoms with Crippen molar-refractivity contribution in [1.82, 2.24) is 0 Å². The molecule has 4 rings (SSSR count). The molecule has 32 heavy (non-hydrogen) atoms. The highest BCUT2D eigenvalue weighted by Crippen LogP contribution is 2.29. The fourth-order valence-corrected chi connectivity index (χ4v) is 3.64. The quantitative estimate of drug-likeness (QED) is 0.258. The van der Waals surface area contributed by atoms with Crippen LogP contribution in [0.25, 0.3) is 0 Å². The van der Waals surface area contributed by atoms with E-state index in [1.165, 1.54) is 0 Å². The fourth-order valence-electron chi connectivity index (χ4n) is 3.64. The monoisotopic (exact) mass is 420 g/mol. The van der Waals surface area contributed by atoms with E-state index in [0.717, 1.165) is 16.7 Å². The van der Waals surface area contributed by atoms with Crippen LogP contribution in [0, 0.1) is 0 Å². The lowest BCUT2D eigenvalue weighted by Crippen LogP contribution is -2.18. The molecule has 0 saturated heterocycles. The summed E-state index contributed by atoms with van der Waals surface area (Å²) in [7, 11) is 0. The van der Waals surface area contributed by atoms with Crippen LogP contribution in [0.1, 0.15) is 51.6 Å². The molecule has 0 spiro atoms. The number of carbonyl (C=O) groups is 2. The Morgan fingerprint density at radius 1 is 0.594 bits per heavy atom. The van der Waals surface area contributed by atoms with E-state index >= 15 is 0 Å². The van der Waals surface area contributed by atoms with Gasteiger partial charge in [0, 0.05) is 11.1 Å². The molecular weight excluding hydrogens is 396 g/mol.